The lowest BCUT2D eigenvalue weighted by Gasteiger charge is -2.28. The van der Waals surface area contributed by atoms with Crippen molar-refractivity contribution in [1.29, 1.82) is 0 Å². The number of halogens is 1. The number of thioether (sulfide) groups is 1. The predicted octanol–water partition coefficient (Wildman–Crippen LogP) is 4.70. The van der Waals surface area contributed by atoms with Gasteiger partial charge in [0.1, 0.15) is 11.8 Å². The Balaban J connectivity index is 1.79. The number of ether oxygens (including phenoxy) is 1. The first-order chi connectivity index (χ1) is 14.5. The van der Waals surface area contributed by atoms with Crippen molar-refractivity contribution in [3.8, 4) is 5.75 Å². The van der Waals surface area contributed by atoms with Crippen molar-refractivity contribution >= 4 is 45.2 Å². The van der Waals surface area contributed by atoms with Gasteiger partial charge >= 0.3 is 0 Å². The van der Waals surface area contributed by atoms with Gasteiger partial charge in [0.05, 0.1) is 18.4 Å². The van der Waals surface area contributed by atoms with Gasteiger partial charge in [0.25, 0.3) is 5.91 Å². The van der Waals surface area contributed by atoms with E-state index < -0.39 is 6.04 Å². The van der Waals surface area contributed by atoms with Crippen molar-refractivity contribution in [2.75, 3.05) is 24.0 Å². The van der Waals surface area contributed by atoms with Crippen molar-refractivity contribution in [2.24, 2.45) is 0 Å². The summed E-state index contributed by atoms with van der Waals surface area (Å²) in [6, 6.07) is 14.8. The van der Waals surface area contributed by atoms with E-state index in [2.05, 4.69) is 36.6 Å². The number of benzene rings is 2. The number of anilines is 2. The molecule has 9 heteroatoms. The standard InChI is InChI=1S/C21H20BrN5O2S/c1-12-17(19(28)24-15-6-4-5-7-16(15)29-2)18(13-8-10-14(22)11-9-13)27-20(23-12)25-21(26-27)30-3/h4-11,18H,1-3H3,(H,24,28)(H,23,25,26)/t18-/m0/s1. The van der Waals surface area contributed by atoms with Gasteiger partial charge in [-0.15, -0.1) is 5.10 Å². The van der Waals surface area contributed by atoms with E-state index in [0.29, 0.717) is 28.1 Å². The highest BCUT2D eigenvalue weighted by Crippen LogP contribution is 2.37. The summed E-state index contributed by atoms with van der Waals surface area (Å²) < 4.78 is 8.10. The van der Waals surface area contributed by atoms with Crippen LogP contribution in [0.5, 0.6) is 5.75 Å². The number of fused-ring (bicyclic) bond motifs is 1. The molecule has 0 saturated carbocycles. The van der Waals surface area contributed by atoms with Gasteiger partial charge in [0, 0.05) is 10.2 Å². The lowest BCUT2D eigenvalue weighted by molar-refractivity contribution is -0.113. The average Bonchev–Trinajstić information content (AvgIpc) is 3.16. The normalized spacial score (nSPS) is 15.4. The number of nitrogens with one attached hydrogen (secondary N) is 2. The summed E-state index contributed by atoms with van der Waals surface area (Å²) in [5.74, 6) is 0.974. The van der Waals surface area contributed by atoms with Gasteiger partial charge in [-0.25, -0.2) is 4.68 Å². The van der Waals surface area contributed by atoms with Gasteiger partial charge in [-0.05, 0) is 43.0 Å². The minimum atomic E-state index is -0.419. The summed E-state index contributed by atoms with van der Waals surface area (Å²) in [7, 11) is 1.58. The Bertz CT molecular complexity index is 1130. The van der Waals surface area contributed by atoms with Crippen molar-refractivity contribution < 1.29 is 9.53 Å². The summed E-state index contributed by atoms with van der Waals surface area (Å²) in [6.07, 6.45) is 1.92. The van der Waals surface area contributed by atoms with Gasteiger partial charge in [-0.3, -0.25) is 4.79 Å². The quantitative estimate of drug-likeness (QED) is 0.509. The van der Waals surface area contributed by atoms with Crippen molar-refractivity contribution in [2.45, 2.75) is 18.1 Å². The molecule has 0 spiro atoms. The molecule has 2 N–H and O–H groups in total. The minimum absolute atomic E-state index is 0.232. The molecule has 30 heavy (non-hydrogen) atoms. The van der Waals surface area contributed by atoms with Crippen LogP contribution in [0.1, 0.15) is 18.5 Å². The highest BCUT2D eigenvalue weighted by Gasteiger charge is 2.34. The van der Waals surface area contributed by atoms with Crippen LogP contribution < -0.4 is 15.4 Å². The molecule has 1 aliphatic rings. The molecule has 0 bridgehead atoms. The van der Waals surface area contributed by atoms with E-state index in [-0.39, 0.29) is 5.91 Å². The van der Waals surface area contributed by atoms with E-state index >= 15 is 0 Å². The molecule has 1 amide bonds. The number of hydrogen-bond donors (Lipinski definition) is 2. The van der Waals surface area contributed by atoms with Gasteiger partial charge in [-0.1, -0.05) is 52.0 Å². The maximum atomic E-state index is 13.4. The Morgan fingerprint density at radius 2 is 1.97 bits per heavy atom. The summed E-state index contributed by atoms with van der Waals surface area (Å²) in [5.41, 5.74) is 2.83. The molecule has 1 aliphatic heterocycles. The summed E-state index contributed by atoms with van der Waals surface area (Å²) in [4.78, 5) is 18.0. The maximum Gasteiger partial charge on any atom is 0.255 e. The molecule has 7 nitrogen and oxygen atoms in total. The van der Waals surface area contributed by atoms with E-state index in [1.165, 1.54) is 11.8 Å². The SMILES string of the molecule is COc1ccccc1NC(=O)C1=C(C)Nc2nc(SC)nn2[C@H]1c1ccc(Br)cc1. The molecular formula is C21H20BrN5O2S. The van der Waals surface area contributed by atoms with Crippen LogP contribution >= 0.6 is 27.7 Å². The fraction of sp³-hybridized carbons (Fsp3) is 0.190. The second-order valence-electron chi connectivity index (χ2n) is 6.64. The molecule has 1 aromatic heterocycles. The number of allylic oxidation sites excluding steroid dienone is 1. The lowest BCUT2D eigenvalue weighted by Crippen LogP contribution is -2.31. The number of carbonyl (C=O) groups is 1. The van der Waals surface area contributed by atoms with Crippen LogP contribution in [0.15, 0.2) is 69.4 Å². The molecular weight excluding hydrogens is 466 g/mol. The zero-order chi connectivity index (χ0) is 21.3. The first kappa shape index (κ1) is 20.5. The van der Waals surface area contributed by atoms with Crippen LogP contribution in [0, 0.1) is 0 Å². The van der Waals surface area contributed by atoms with Crippen LogP contribution in [0.3, 0.4) is 0 Å². The lowest BCUT2D eigenvalue weighted by atomic mass is 9.95. The smallest absolute Gasteiger partial charge is 0.255 e. The first-order valence-electron chi connectivity index (χ1n) is 9.20. The zero-order valence-corrected chi connectivity index (χ0v) is 19.0. The number of amides is 1. The van der Waals surface area contributed by atoms with E-state index in [1.807, 2.05) is 61.7 Å². The monoisotopic (exact) mass is 485 g/mol. The summed E-state index contributed by atoms with van der Waals surface area (Å²) >= 11 is 4.93. The first-order valence-corrected chi connectivity index (χ1v) is 11.2. The van der Waals surface area contributed by atoms with Gasteiger partial charge in [-0.2, -0.15) is 4.98 Å². The molecule has 0 saturated heterocycles. The molecule has 0 radical (unpaired) electrons. The van der Waals surface area contributed by atoms with Gasteiger partial charge < -0.3 is 15.4 Å². The Hall–Kier alpha value is -2.78. The van der Waals surface area contributed by atoms with Crippen molar-refractivity contribution in [1.82, 2.24) is 14.8 Å². The molecule has 0 aliphatic carbocycles. The number of nitrogens with zero attached hydrogens (tertiary/aromatic N) is 3. The largest absolute Gasteiger partial charge is 0.495 e. The number of aromatic nitrogens is 3. The molecule has 2 aromatic carbocycles. The van der Waals surface area contributed by atoms with Crippen LogP contribution in [-0.4, -0.2) is 34.0 Å². The third-order valence-electron chi connectivity index (χ3n) is 4.80. The second kappa shape index (κ2) is 8.53. The highest BCUT2D eigenvalue weighted by atomic mass is 79.9. The van der Waals surface area contributed by atoms with Crippen molar-refractivity contribution in [3.63, 3.8) is 0 Å². The fourth-order valence-electron chi connectivity index (χ4n) is 3.40. The third kappa shape index (κ3) is 3.82. The summed E-state index contributed by atoms with van der Waals surface area (Å²) in [5, 5.41) is 11.5. The molecule has 0 unspecified atom stereocenters. The molecule has 4 rings (SSSR count). The van der Waals surface area contributed by atoms with Crippen LogP contribution in [0.4, 0.5) is 11.6 Å². The molecule has 1 atom stereocenters. The Kier molecular flexibility index (Phi) is 5.83. The topological polar surface area (TPSA) is 81.1 Å². The summed E-state index contributed by atoms with van der Waals surface area (Å²) in [6.45, 7) is 1.87. The highest BCUT2D eigenvalue weighted by molar-refractivity contribution is 9.10. The Labute approximate surface area is 187 Å². The molecule has 0 fully saturated rings. The number of rotatable bonds is 5. The van der Waals surface area contributed by atoms with Crippen molar-refractivity contribution in [3.05, 3.63) is 69.8 Å². The second-order valence-corrected chi connectivity index (χ2v) is 8.33. The number of hydrogen-bond acceptors (Lipinski definition) is 6. The van der Waals surface area contributed by atoms with E-state index in [9.17, 15) is 4.79 Å². The van der Waals surface area contributed by atoms with Crippen LogP contribution in [0.25, 0.3) is 0 Å². The fourth-order valence-corrected chi connectivity index (χ4v) is 4.01. The van der Waals surface area contributed by atoms with Crippen LogP contribution in [-0.2, 0) is 4.79 Å². The molecule has 3 aromatic rings. The predicted molar refractivity (Wildman–Crippen MR) is 122 cm³/mol. The van der Waals surface area contributed by atoms with Gasteiger partial charge in [0.15, 0.2) is 0 Å². The van der Waals surface area contributed by atoms with E-state index in [1.54, 1.807) is 11.8 Å². The number of para-hydroxylation sites is 2. The van der Waals surface area contributed by atoms with Gasteiger partial charge in [0.2, 0.25) is 11.1 Å². The van der Waals surface area contributed by atoms with E-state index in [4.69, 9.17) is 4.74 Å². The Morgan fingerprint density at radius 3 is 2.67 bits per heavy atom. The number of carbonyl (C=O) groups excluding carboxylic acids is 1. The van der Waals surface area contributed by atoms with Crippen LogP contribution in [0.2, 0.25) is 0 Å². The van der Waals surface area contributed by atoms with E-state index in [0.717, 1.165) is 15.7 Å². The third-order valence-corrected chi connectivity index (χ3v) is 5.87. The maximum absolute atomic E-state index is 13.4. The Morgan fingerprint density at radius 1 is 1.23 bits per heavy atom. The molecule has 2 heterocycles. The average molecular weight is 486 g/mol. The molecule has 154 valence electrons. The minimum Gasteiger partial charge on any atom is -0.495 e. The number of methoxy groups -OCH3 is 1. The zero-order valence-electron chi connectivity index (χ0n) is 16.6.